The largest absolute Gasteiger partial charge is 0.493 e. The zero-order valence-electron chi connectivity index (χ0n) is 8.73. The predicted octanol–water partition coefficient (Wildman–Crippen LogP) is 2.52. The summed E-state index contributed by atoms with van der Waals surface area (Å²) in [6.07, 6.45) is 0. The molecule has 1 heterocycles. The molecule has 6 heteroatoms. The van der Waals surface area contributed by atoms with Crippen molar-refractivity contribution < 1.29 is 14.0 Å². The monoisotopic (exact) mass is 284 g/mol. The van der Waals surface area contributed by atoms with E-state index in [9.17, 15) is 0 Å². The van der Waals surface area contributed by atoms with Crippen molar-refractivity contribution in [2.75, 3.05) is 14.2 Å². The minimum absolute atomic E-state index is 0.414. The van der Waals surface area contributed by atoms with Crippen molar-refractivity contribution in [3.8, 4) is 23.0 Å². The van der Waals surface area contributed by atoms with Crippen LogP contribution in [0.1, 0.15) is 0 Å². The molecule has 0 N–H and O–H groups in total. The lowest BCUT2D eigenvalue weighted by molar-refractivity contribution is 0.355. The van der Waals surface area contributed by atoms with Gasteiger partial charge < -0.3 is 14.0 Å². The molecule has 16 heavy (non-hydrogen) atoms. The molecule has 1 aromatic carbocycles. The van der Waals surface area contributed by atoms with Crippen LogP contribution in [0.25, 0.3) is 11.5 Å². The van der Waals surface area contributed by atoms with Crippen molar-refractivity contribution in [2.24, 2.45) is 0 Å². The number of hydrogen-bond acceptors (Lipinski definition) is 5. The fraction of sp³-hybridized carbons (Fsp3) is 0.200. The van der Waals surface area contributed by atoms with Crippen molar-refractivity contribution >= 4 is 15.9 Å². The minimum atomic E-state index is 0.414. The van der Waals surface area contributed by atoms with Gasteiger partial charge in [-0.05, 0) is 39.3 Å². The fourth-order valence-electron chi connectivity index (χ4n) is 1.29. The Morgan fingerprint density at radius 3 is 2.50 bits per heavy atom. The first-order chi connectivity index (χ1) is 7.74. The van der Waals surface area contributed by atoms with Crippen LogP contribution in [0.5, 0.6) is 11.5 Å². The summed E-state index contributed by atoms with van der Waals surface area (Å²) < 4.78 is 15.7. The van der Waals surface area contributed by atoms with Gasteiger partial charge in [0.1, 0.15) is 0 Å². The number of benzene rings is 1. The number of ether oxygens (including phenoxy) is 2. The van der Waals surface area contributed by atoms with Crippen LogP contribution in [0.3, 0.4) is 0 Å². The maximum absolute atomic E-state index is 5.18. The Bertz CT molecular complexity index is 499. The SMILES string of the molecule is COc1ccc(-c2nc(Br)no2)cc1OC. The molecule has 0 saturated carbocycles. The highest BCUT2D eigenvalue weighted by molar-refractivity contribution is 9.10. The van der Waals surface area contributed by atoms with Crippen LogP contribution in [0.2, 0.25) is 0 Å². The van der Waals surface area contributed by atoms with E-state index in [1.807, 2.05) is 6.07 Å². The van der Waals surface area contributed by atoms with E-state index in [0.29, 0.717) is 22.1 Å². The highest BCUT2D eigenvalue weighted by Crippen LogP contribution is 2.31. The minimum Gasteiger partial charge on any atom is -0.493 e. The Kier molecular flexibility index (Phi) is 3.09. The predicted molar refractivity (Wildman–Crippen MR) is 60.5 cm³/mol. The van der Waals surface area contributed by atoms with Crippen LogP contribution in [0.15, 0.2) is 27.5 Å². The van der Waals surface area contributed by atoms with Gasteiger partial charge in [-0.2, -0.15) is 4.98 Å². The van der Waals surface area contributed by atoms with E-state index in [4.69, 9.17) is 14.0 Å². The van der Waals surface area contributed by atoms with Gasteiger partial charge in [0.25, 0.3) is 5.89 Å². The van der Waals surface area contributed by atoms with Gasteiger partial charge in [0.05, 0.1) is 14.2 Å². The van der Waals surface area contributed by atoms with Gasteiger partial charge in [-0.15, -0.1) is 0 Å². The smallest absolute Gasteiger partial charge is 0.258 e. The van der Waals surface area contributed by atoms with E-state index in [0.717, 1.165) is 5.56 Å². The first-order valence-electron chi connectivity index (χ1n) is 4.46. The van der Waals surface area contributed by atoms with Crippen LogP contribution in [-0.2, 0) is 0 Å². The second kappa shape index (κ2) is 4.52. The Balaban J connectivity index is 2.43. The first-order valence-corrected chi connectivity index (χ1v) is 5.25. The van der Waals surface area contributed by atoms with Gasteiger partial charge in [-0.3, -0.25) is 0 Å². The van der Waals surface area contributed by atoms with E-state index in [1.54, 1.807) is 26.4 Å². The number of hydrogen-bond donors (Lipinski definition) is 0. The molecule has 5 nitrogen and oxygen atoms in total. The highest BCUT2D eigenvalue weighted by atomic mass is 79.9. The lowest BCUT2D eigenvalue weighted by Gasteiger charge is -2.07. The molecule has 0 aliphatic carbocycles. The van der Waals surface area contributed by atoms with Crippen molar-refractivity contribution in [1.29, 1.82) is 0 Å². The summed E-state index contributed by atoms with van der Waals surface area (Å²) in [7, 11) is 3.16. The second-order valence-electron chi connectivity index (χ2n) is 2.94. The molecule has 2 rings (SSSR count). The van der Waals surface area contributed by atoms with Gasteiger partial charge in [-0.1, -0.05) is 0 Å². The number of rotatable bonds is 3. The van der Waals surface area contributed by atoms with Gasteiger partial charge in [0, 0.05) is 5.56 Å². The molecule has 0 unspecified atom stereocenters. The molecule has 2 aromatic rings. The van der Waals surface area contributed by atoms with Crippen LogP contribution in [0, 0.1) is 0 Å². The third-order valence-electron chi connectivity index (χ3n) is 2.03. The molecule has 1 aromatic heterocycles. The quantitative estimate of drug-likeness (QED) is 0.867. The second-order valence-corrected chi connectivity index (χ2v) is 3.65. The van der Waals surface area contributed by atoms with Crippen molar-refractivity contribution in [3.63, 3.8) is 0 Å². The van der Waals surface area contributed by atoms with Gasteiger partial charge in [0.2, 0.25) is 4.73 Å². The summed E-state index contributed by atoms with van der Waals surface area (Å²) in [6, 6.07) is 5.38. The molecule has 0 aliphatic heterocycles. The van der Waals surface area contributed by atoms with Gasteiger partial charge in [-0.25, -0.2) is 0 Å². The van der Waals surface area contributed by atoms with Gasteiger partial charge in [0.15, 0.2) is 11.5 Å². The number of nitrogens with zero attached hydrogens (tertiary/aromatic N) is 2. The van der Waals surface area contributed by atoms with Crippen LogP contribution < -0.4 is 9.47 Å². The molecule has 84 valence electrons. The summed E-state index contributed by atoms with van der Waals surface area (Å²) >= 11 is 3.12. The standard InChI is InChI=1S/C10H9BrN2O3/c1-14-7-4-3-6(5-8(7)15-2)9-12-10(11)13-16-9/h3-5H,1-2H3. The van der Waals surface area contributed by atoms with Crippen molar-refractivity contribution in [2.45, 2.75) is 0 Å². The normalized spacial score (nSPS) is 10.2. The maximum atomic E-state index is 5.18. The topological polar surface area (TPSA) is 57.4 Å². The maximum Gasteiger partial charge on any atom is 0.258 e. The molecule has 0 atom stereocenters. The average Bonchev–Trinajstić information content (AvgIpc) is 2.75. The molecular weight excluding hydrogens is 276 g/mol. The van der Waals surface area contributed by atoms with Crippen molar-refractivity contribution in [1.82, 2.24) is 10.1 Å². The third-order valence-corrected chi connectivity index (χ3v) is 2.35. The molecule has 0 radical (unpaired) electrons. The molecule has 0 aliphatic rings. The van der Waals surface area contributed by atoms with E-state index in [1.165, 1.54) is 0 Å². The molecule has 0 spiro atoms. The summed E-state index contributed by atoms with van der Waals surface area (Å²) in [5, 5.41) is 3.65. The lowest BCUT2D eigenvalue weighted by Crippen LogP contribution is -1.90. The molecule has 0 bridgehead atoms. The van der Waals surface area contributed by atoms with E-state index in [2.05, 4.69) is 26.1 Å². The van der Waals surface area contributed by atoms with E-state index >= 15 is 0 Å². The fourth-order valence-corrected chi connectivity index (χ4v) is 1.53. The Morgan fingerprint density at radius 1 is 1.19 bits per heavy atom. The number of aromatic nitrogens is 2. The molecule has 0 saturated heterocycles. The highest BCUT2D eigenvalue weighted by Gasteiger charge is 2.10. The Hall–Kier alpha value is -1.56. The van der Waals surface area contributed by atoms with E-state index < -0.39 is 0 Å². The summed E-state index contributed by atoms with van der Waals surface area (Å²) in [5.74, 6) is 1.70. The summed E-state index contributed by atoms with van der Waals surface area (Å²) in [4.78, 5) is 4.05. The van der Waals surface area contributed by atoms with Crippen LogP contribution >= 0.6 is 15.9 Å². The lowest BCUT2D eigenvalue weighted by atomic mass is 10.2. The molecule has 0 fully saturated rings. The average molecular weight is 285 g/mol. The summed E-state index contributed by atoms with van der Waals surface area (Å²) in [6.45, 7) is 0. The van der Waals surface area contributed by atoms with E-state index in [-0.39, 0.29) is 0 Å². The van der Waals surface area contributed by atoms with Gasteiger partial charge >= 0.3 is 0 Å². The van der Waals surface area contributed by atoms with Crippen LogP contribution in [-0.4, -0.2) is 24.4 Å². The third kappa shape index (κ3) is 2.01. The molecule has 0 amide bonds. The Morgan fingerprint density at radius 2 is 1.94 bits per heavy atom. The van der Waals surface area contributed by atoms with Crippen LogP contribution in [0.4, 0.5) is 0 Å². The zero-order chi connectivity index (χ0) is 11.5. The Labute approximate surface area is 100 Å². The number of methoxy groups -OCH3 is 2. The summed E-state index contributed by atoms with van der Waals surface area (Å²) in [5.41, 5.74) is 0.774. The first kappa shape index (κ1) is 10.9. The molecular formula is C10H9BrN2O3. The number of halogens is 1. The zero-order valence-corrected chi connectivity index (χ0v) is 10.3. The van der Waals surface area contributed by atoms with Crippen molar-refractivity contribution in [3.05, 3.63) is 22.9 Å².